The molecule has 0 aromatic carbocycles. The van der Waals surface area contributed by atoms with Gasteiger partial charge in [0.1, 0.15) is 0 Å². The van der Waals surface area contributed by atoms with Crippen molar-refractivity contribution in [2.24, 2.45) is 0 Å². The molecule has 18 heavy (non-hydrogen) atoms. The molecule has 1 aromatic rings. The molecule has 0 amide bonds. The van der Waals surface area contributed by atoms with Gasteiger partial charge in [-0.15, -0.1) is 0 Å². The second-order valence-corrected chi connectivity index (χ2v) is 11.1. The number of rotatable bonds is 4. The molecule has 1 aromatic heterocycles. The Morgan fingerprint density at radius 3 is 2.44 bits per heavy atom. The molecule has 102 valence electrons. The summed E-state index contributed by atoms with van der Waals surface area (Å²) in [5, 5.41) is 9.52. The van der Waals surface area contributed by atoms with Crippen LogP contribution in [0.2, 0.25) is 18.1 Å². The van der Waals surface area contributed by atoms with Gasteiger partial charge in [0.05, 0.1) is 18.9 Å². The maximum Gasteiger partial charge on any atom is 0.192 e. The minimum Gasteiger partial charge on any atom is -0.412 e. The van der Waals surface area contributed by atoms with Gasteiger partial charge in [0, 0.05) is 11.8 Å². The molecular weight excluding hydrogens is 242 g/mol. The Morgan fingerprint density at radius 2 is 1.94 bits per heavy atom. The van der Waals surface area contributed by atoms with Crippen LogP contribution in [0.15, 0.2) is 12.3 Å². The van der Waals surface area contributed by atoms with Gasteiger partial charge in [0.25, 0.3) is 0 Å². The molecule has 1 rings (SSSR count). The summed E-state index contributed by atoms with van der Waals surface area (Å²) in [4.78, 5) is 4.21. The predicted molar refractivity (Wildman–Crippen MR) is 76.9 cm³/mol. The van der Waals surface area contributed by atoms with Gasteiger partial charge < -0.3 is 9.53 Å². The lowest BCUT2D eigenvalue weighted by Crippen LogP contribution is -2.40. The Balaban J connectivity index is 2.87. The van der Waals surface area contributed by atoms with E-state index in [1.165, 1.54) is 0 Å². The van der Waals surface area contributed by atoms with Crippen LogP contribution in [0, 0.1) is 6.92 Å². The summed E-state index contributed by atoms with van der Waals surface area (Å²) < 4.78 is 6.19. The Bertz CT molecular complexity index is 411. The fourth-order valence-electron chi connectivity index (χ4n) is 1.45. The first kappa shape index (κ1) is 15.3. The molecule has 3 nitrogen and oxygen atoms in total. The first-order valence-corrected chi connectivity index (χ1v) is 9.28. The third-order valence-corrected chi connectivity index (χ3v) is 8.39. The normalized spacial score (nSPS) is 12.8. The largest absolute Gasteiger partial charge is 0.412 e. The molecule has 0 bridgehead atoms. The monoisotopic (exact) mass is 267 g/mol. The highest BCUT2D eigenvalue weighted by Gasteiger charge is 2.37. The second-order valence-electron chi connectivity index (χ2n) is 6.26. The maximum absolute atomic E-state index is 9.33. The Labute approximate surface area is 111 Å². The number of aliphatic hydroxyl groups is 1. The van der Waals surface area contributed by atoms with Crippen molar-refractivity contribution in [2.45, 2.75) is 59.0 Å². The van der Waals surface area contributed by atoms with Crippen LogP contribution in [0.3, 0.4) is 0 Å². The van der Waals surface area contributed by atoms with Gasteiger partial charge in [-0.05, 0) is 36.7 Å². The van der Waals surface area contributed by atoms with Crippen LogP contribution < -0.4 is 0 Å². The highest BCUT2D eigenvalue weighted by atomic mass is 28.4. The van der Waals surface area contributed by atoms with Gasteiger partial charge in [-0.2, -0.15) is 0 Å². The standard InChI is InChI=1S/C14H25NO2Si/c1-11-7-8-15-13(9-16)12(11)10-17-18(5,6)14(2,3)4/h7-8,16H,9-10H2,1-6H3. The molecule has 0 saturated carbocycles. The van der Waals surface area contributed by atoms with Crippen molar-refractivity contribution in [1.82, 2.24) is 4.98 Å². The van der Waals surface area contributed by atoms with Crippen LogP contribution >= 0.6 is 0 Å². The minimum atomic E-state index is -1.76. The molecule has 0 spiro atoms. The van der Waals surface area contributed by atoms with E-state index < -0.39 is 8.32 Å². The molecular formula is C14H25NO2Si. The van der Waals surface area contributed by atoms with Gasteiger partial charge in [0.2, 0.25) is 0 Å². The van der Waals surface area contributed by atoms with E-state index in [-0.39, 0.29) is 11.6 Å². The van der Waals surface area contributed by atoms with Gasteiger partial charge >= 0.3 is 0 Å². The predicted octanol–water partition coefficient (Wildman–Crippen LogP) is 3.40. The van der Waals surface area contributed by atoms with Crippen molar-refractivity contribution >= 4 is 8.32 Å². The molecule has 0 fully saturated rings. The van der Waals surface area contributed by atoms with Gasteiger partial charge in [-0.3, -0.25) is 4.98 Å². The topological polar surface area (TPSA) is 42.4 Å². The molecule has 4 heteroatoms. The van der Waals surface area contributed by atoms with Crippen LogP contribution in [-0.4, -0.2) is 18.4 Å². The lowest BCUT2D eigenvalue weighted by molar-refractivity contribution is 0.254. The molecule has 0 unspecified atom stereocenters. The summed E-state index contributed by atoms with van der Waals surface area (Å²) in [7, 11) is -1.76. The van der Waals surface area contributed by atoms with Crippen molar-refractivity contribution < 1.29 is 9.53 Å². The van der Waals surface area contributed by atoms with Crippen LogP contribution in [0.5, 0.6) is 0 Å². The van der Waals surface area contributed by atoms with Crippen molar-refractivity contribution in [3.8, 4) is 0 Å². The van der Waals surface area contributed by atoms with E-state index in [4.69, 9.17) is 4.43 Å². The Morgan fingerprint density at radius 1 is 1.33 bits per heavy atom. The number of nitrogens with zero attached hydrogens (tertiary/aromatic N) is 1. The average molecular weight is 267 g/mol. The summed E-state index contributed by atoms with van der Waals surface area (Å²) in [6.07, 6.45) is 1.73. The minimum absolute atomic E-state index is 0.0299. The maximum atomic E-state index is 9.33. The summed E-state index contributed by atoms with van der Waals surface area (Å²) >= 11 is 0. The van der Waals surface area contributed by atoms with E-state index >= 15 is 0 Å². The van der Waals surface area contributed by atoms with Gasteiger partial charge in [-0.25, -0.2) is 0 Å². The molecule has 0 saturated heterocycles. The lowest BCUT2D eigenvalue weighted by Gasteiger charge is -2.36. The molecule has 0 aliphatic heterocycles. The van der Waals surface area contributed by atoms with E-state index in [0.29, 0.717) is 6.61 Å². The fourth-order valence-corrected chi connectivity index (χ4v) is 2.39. The number of hydrogen-bond acceptors (Lipinski definition) is 3. The smallest absolute Gasteiger partial charge is 0.192 e. The number of hydrogen-bond donors (Lipinski definition) is 1. The number of aromatic nitrogens is 1. The Hall–Kier alpha value is -0.713. The van der Waals surface area contributed by atoms with Gasteiger partial charge in [0.15, 0.2) is 8.32 Å². The molecule has 1 heterocycles. The molecule has 0 aliphatic rings. The first-order valence-electron chi connectivity index (χ1n) is 6.37. The number of aliphatic hydroxyl groups excluding tert-OH is 1. The van der Waals surface area contributed by atoms with Crippen LogP contribution in [-0.2, 0) is 17.6 Å². The Kier molecular flexibility index (Phi) is 4.70. The van der Waals surface area contributed by atoms with Crippen molar-refractivity contribution in [2.75, 3.05) is 0 Å². The highest BCUT2D eigenvalue weighted by molar-refractivity contribution is 6.74. The fraction of sp³-hybridized carbons (Fsp3) is 0.643. The van der Waals surface area contributed by atoms with E-state index in [1.54, 1.807) is 6.20 Å². The van der Waals surface area contributed by atoms with E-state index in [9.17, 15) is 5.11 Å². The van der Waals surface area contributed by atoms with Crippen molar-refractivity contribution in [1.29, 1.82) is 0 Å². The third-order valence-electron chi connectivity index (χ3n) is 3.91. The van der Waals surface area contributed by atoms with Crippen molar-refractivity contribution in [3.05, 3.63) is 29.1 Å². The SMILES string of the molecule is Cc1ccnc(CO)c1CO[Si](C)(C)C(C)(C)C. The highest BCUT2D eigenvalue weighted by Crippen LogP contribution is 2.37. The number of aryl methyl sites for hydroxylation is 1. The second kappa shape index (κ2) is 5.51. The summed E-state index contributed by atoms with van der Waals surface area (Å²) in [5.74, 6) is 0. The zero-order valence-electron chi connectivity index (χ0n) is 12.4. The summed E-state index contributed by atoms with van der Waals surface area (Å²) in [6.45, 7) is 13.7. The molecule has 1 N–H and O–H groups in total. The van der Waals surface area contributed by atoms with E-state index in [0.717, 1.165) is 16.8 Å². The zero-order chi connectivity index (χ0) is 14.0. The molecule has 0 aliphatic carbocycles. The van der Waals surface area contributed by atoms with Crippen molar-refractivity contribution in [3.63, 3.8) is 0 Å². The average Bonchev–Trinajstić information content (AvgIpc) is 2.25. The summed E-state index contributed by atoms with van der Waals surface area (Å²) in [5.41, 5.74) is 2.89. The van der Waals surface area contributed by atoms with Crippen LogP contribution in [0.1, 0.15) is 37.6 Å². The quantitative estimate of drug-likeness (QED) is 0.850. The lowest BCUT2D eigenvalue weighted by atomic mass is 10.1. The third kappa shape index (κ3) is 3.40. The van der Waals surface area contributed by atoms with E-state index in [1.807, 2.05) is 13.0 Å². The van der Waals surface area contributed by atoms with E-state index in [2.05, 4.69) is 38.8 Å². The van der Waals surface area contributed by atoms with Crippen LogP contribution in [0.25, 0.3) is 0 Å². The summed E-state index contributed by atoms with van der Waals surface area (Å²) in [6, 6.07) is 1.96. The zero-order valence-corrected chi connectivity index (χ0v) is 13.4. The van der Waals surface area contributed by atoms with Gasteiger partial charge in [-0.1, -0.05) is 20.8 Å². The molecule has 0 atom stereocenters. The number of pyridine rings is 1. The first-order chi connectivity index (χ1) is 8.19. The van der Waals surface area contributed by atoms with Crippen LogP contribution in [0.4, 0.5) is 0 Å². The molecule has 0 radical (unpaired) electrons.